The number of carbonyl (C=O) groups excluding carboxylic acids is 3. The van der Waals surface area contributed by atoms with Gasteiger partial charge in [-0.05, 0) is 49.6 Å². The molecule has 0 unspecified atom stereocenters. The molecule has 2 amide bonds. The lowest BCUT2D eigenvalue weighted by Crippen LogP contribution is -2.22. The summed E-state index contributed by atoms with van der Waals surface area (Å²) in [4.78, 5) is 35.0. The summed E-state index contributed by atoms with van der Waals surface area (Å²) in [7, 11) is 0. The van der Waals surface area contributed by atoms with Crippen LogP contribution in [0.2, 0.25) is 0 Å². The minimum absolute atomic E-state index is 0.0315. The van der Waals surface area contributed by atoms with E-state index < -0.39 is 24.4 Å². The lowest BCUT2D eigenvalue weighted by atomic mass is 10.2. The first kappa shape index (κ1) is 18.5. The van der Waals surface area contributed by atoms with Crippen molar-refractivity contribution in [1.29, 1.82) is 0 Å². The van der Waals surface area contributed by atoms with Gasteiger partial charge in [-0.15, -0.1) is 11.3 Å². The van der Waals surface area contributed by atoms with Gasteiger partial charge in [0.1, 0.15) is 10.8 Å². The van der Waals surface area contributed by atoms with Gasteiger partial charge in [-0.1, -0.05) is 0 Å². The van der Waals surface area contributed by atoms with Crippen molar-refractivity contribution in [1.82, 2.24) is 0 Å². The molecule has 0 atom stereocenters. The molecule has 0 spiro atoms. The number of anilines is 1. The number of benzene rings is 1. The molecule has 1 aromatic carbocycles. The summed E-state index contributed by atoms with van der Waals surface area (Å²) >= 11 is 1.16. The highest BCUT2D eigenvalue weighted by atomic mass is 32.1. The Morgan fingerprint density at radius 1 is 1.16 bits per heavy atom. The Morgan fingerprint density at radius 2 is 1.84 bits per heavy atom. The molecule has 3 N–H and O–H groups in total. The molecule has 0 aliphatic rings. The van der Waals surface area contributed by atoms with Crippen LogP contribution in [0.25, 0.3) is 0 Å². The summed E-state index contributed by atoms with van der Waals surface area (Å²) < 4.78 is 10.4. The maximum atomic E-state index is 11.9. The first-order valence-electron chi connectivity index (χ1n) is 7.48. The van der Waals surface area contributed by atoms with Gasteiger partial charge in [-0.2, -0.15) is 0 Å². The molecule has 0 aliphatic heterocycles. The van der Waals surface area contributed by atoms with E-state index in [1.165, 1.54) is 6.07 Å². The van der Waals surface area contributed by atoms with Crippen LogP contribution >= 0.6 is 11.3 Å². The van der Waals surface area contributed by atoms with E-state index >= 15 is 0 Å². The fraction of sp³-hybridized carbons (Fsp3) is 0.235. The molecule has 0 saturated carbocycles. The van der Waals surface area contributed by atoms with Crippen LogP contribution in [-0.4, -0.2) is 30.5 Å². The van der Waals surface area contributed by atoms with E-state index in [0.717, 1.165) is 11.3 Å². The van der Waals surface area contributed by atoms with Crippen molar-refractivity contribution >= 4 is 34.1 Å². The number of rotatable bonds is 7. The molecule has 0 radical (unpaired) electrons. The molecule has 1 aromatic heterocycles. The minimum Gasteiger partial charge on any atom is -0.491 e. The van der Waals surface area contributed by atoms with Crippen molar-refractivity contribution in [3.05, 3.63) is 46.8 Å². The molecule has 132 valence electrons. The van der Waals surface area contributed by atoms with Gasteiger partial charge in [0.2, 0.25) is 0 Å². The molecule has 8 heteroatoms. The predicted octanol–water partition coefficient (Wildman–Crippen LogP) is 2.43. The third-order valence-corrected chi connectivity index (χ3v) is 3.81. The fourth-order valence-electron chi connectivity index (χ4n) is 1.92. The van der Waals surface area contributed by atoms with Crippen LogP contribution in [0.4, 0.5) is 5.00 Å². The lowest BCUT2D eigenvalue weighted by Gasteiger charge is -2.10. The first-order chi connectivity index (χ1) is 11.9. The molecular weight excluding hydrogens is 344 g/mol. The van der Waals surface area contributed by atoms with Gasteiger partial charge in [0.25, 0.3) is 11.8 Å². The number of hydrogen-bond donors (Lipinski definition) is 2. The third-order valence-electron chi connectivity index (χ3n) is 2.98. The third kappa shape index (κ3) is 5.32. The number of hydrogen-bond acceptors (Lipinski definition) is 6. The molecule has 0 bridgehead atoms. The smallest absolute Gasteiger partial charge is 0.338 e. The van der Waals surface area contributed by atoms with Gasteiger partial charge in [-0.3, -0.25) is 9.59 Å². The number of thiophene rings is 1. The zero-order valence-corrected chi connectivity index (χ0v) is 14.6. The summed E-state index contributed by atoms with van der Waals surface area (Å²) in [6, 6.07) is 7.93. The monoisotopic (exact) mass is 362 g/mol. The zero-order valence-electron chi connectivity index (χ0n) is 13.8. The van der Waals surface area contributed by atoms with Crippen molar-refractivity contribution in [2.75, 3.05) is 11.9 Å². The predicted molar refractivity (Wildman–Crippen MR) is 94.0 cm³/mol. The number of nitrogens with two attached hydrogens (primary N) is 1. The quantitative estimate of drug-likeness (QED) is 0.736. The Labute approximate surface area is 148 Å². The topological polar surface area (TPSA) is 108 Å². The Bertz CT molecular complexity index is 768. The second-order valence-corrected chi connectivity index (χ2v) is 6.26. The SMILES string of the molecule is CC(C)Oc1ccc(C(=O)OCC(=O)Nc2sccc2C(N)=O)cc1. The highest BCUT2D eigenvalue weighted by Gasteiger charge is 2.14. The molecule has 1 heterocycles. The Hall–Kier alpha value is -2.87. The summed E-state index contributed by atoms with van der Waals surface area (Å²) in [5.74, 6) is -1.19. The highest BCUT2D eigenvalue weighted by Crippen LogP contribution is 2.22. The van der Waals surface area contributed by atoms with Crippen molar-refractivity contribution in [2.24, 2.45) is 5.73 Å². The Kier molecular flexibility index (Phi) is 6.13. The van der Waals surface area contributed by atoms with Gasteiger partial charge in [0.05, 0.1) is 17.2 Å². The maximum absolute atomic E-state index is 11.9. The molecule has 25 heavy (non-hydrogen) atoms. The van der Waals surface area contributed by atoms with E-state index in [1.807, 2.05) is 13.8 Å². The molecular formula is C17H18N2O5S. The van der Waals surface area contributed by atoms with Crippen LogP contribution in [0.5, 0.6) is 5.75 Å². The normalized spacial score (nSPS) is 10.4. The van der Waals surface area contributed by atoms with Crippen molar-refractivity contribution < 1.29 is 23.9 Å². The standard InChI is InChI=1S/C17H18N2O5S/c1-10(2)24-12-5-3-11(4-6-12)17(22)23-9-14(20)19-16-13(15(18)21)7-8-25-16/h3-8,10H,9H2,1-2H3,(H2,18,21)(H,19,20). The van der Waals surface area contributed by atoms with Crippen molar-refractivity contribution in [3.8, 4) is 5.75 Å². The number of amides is 2. The Balaban J connectivity index is 1.87. The Morgan fingerprint density at radius 3 is 2.44 bits per heavy atom. The molecule has 0 saturated heterocycles. The van der Waals surface area contributed by atoms with Crippen LogP contribution in [0.3, 0.4) is 0 Å². The summed E-state index contributed by atoms with van der Waals surface area (Å²) in [5.41, 5.74) is 5.71. The van der Waals surface area contributed by atoms with E-state index in [-0.39, 0.29) is 11.7 Å². The van der Waals surface area contributed by atoms with Crippen LogP contribution in [0.15, 0.2) is 35.7 Å². The van der Waals surface area contributed by atoms with Crippen LogP contribution in [0.1, 0.15) is 34.6 Å². The largest absolute Gasteiger partial charge is 0.491 e. The van der Waals surface area contributed by atoms with Crippen LogP contribution in [0, 0.1) is 0 Å². The average Bonchev–Trinajstić information content (AvgIpc) is 3.01. The zero-order chi connectivity index (χ0) is 18.4. The van der Waals surface area contributed by atoms with Gasteiger partial charge in [-0.25, -0.2) is 4.79 Å². The molecule has 0 aliphatic carbocycles. The highest BCUT2D eigenvalue weighted by molar-refractivity contribution is 7.14. The molecule has 0 fully saturated rings. The van der Waals surface area contributed by atoms with Crippen LogP contribution in [-0.2, 0) is 9.53 Å². The maximum Gasteiger partial charge on any atom is 0.338 e. The van der Waals surface area contributed by atoms with Gasteiger partial charge >= 0.3 is 5.97 Å². The van der Waals surface area contributed by atoms with Gasteiger partial charge in [0.15, 0.2) is 6.61 Å². The number of primary amides is 1. The van der Waals surface area contributed by atoms with Crippen molar-refractivity contribution in [3.63, 3.8) is 0 Å². The second-order valence-electron chi connectivity index (χ2n) is 5.34. The molecule has 7 nitrogen and oxygen atoms in total. The van der Waals surface area contributed by atoms with Gasteiger partial charge in [0, 0.05) is 0 Å². The molecule has 2 rings (SSSR count). The number of nitrogens with one attached hydrogen (secondary N) is 1. The minimum atomic E-state index is -0.641. The van der Waals surface area contributed by atoms with Gasteiger partial charge < -0.3 is 20.5 Å². The average molecular weight is 362 g/mol. The van der Waals surface area contributed by atoms with E-state index in [2.05, 4.69) is 5.32 Å². The van der Waals surface area contributed by atoms with E-state index in [4.69, 9.17) is 15.2 Å². The first-order valence-corrected chi connectivity index (χ1v) is 8.35. The van der Waals surface area contributed by atoms with E-state index in [0.29, 0.717) is 16.3 Å². The van der Waals surface area contributed by atoms with Crippen molar-refractivity contribution in [2.45, 2.75) is 20.0 Å². The van der Waals surface area contributed by atoms with E-state index in [1.54, 1.807) is 29.6 Å². The second kappa shape index (κ2) is 8.29. The summed E-state index contributed by atoms with van der Waals surface area (Å²) in [6.07, 6.45) is 0.0315. The number of carbonyl (C=O) groups is 3. The molecule has 2 aromatic rings. The van der Waals surface area contributed by atoms with E-state index in [9.17, 15) is 14.4 Å². The number of esters is 1. The lowest BCUT2D eigenvalue weighted by molar-refractivity contribution is -0.119. The summed E-state index contributed by atoms with van der Waals surface area (Å²) in [5, 5.41) is 4.44. The van der Waals surface area contributed by atoms with Crippen LogP contribution < -0.4 is 15.8 Å². The summed E-state index contributed by atoms with van der Waals surface area (Å²) in [6.45, 7) is 3.33. The number of ether oxygens (including phenoxy) is 2. The fourth-order valence-corrected chi connectivity index (χ4v) is 2.73.